The lowest BCUT2D eigenvalue weighted by Crippen LogP contribution is -2.33. The molecule has 1 aromatic heterocycles. The highest BCUT2D eigenvalue weighted by molar-refractivity contribution is 7.13. The van der Waals surface area contributed by atoms with Crippen molar-refractivity contribution in [1.82, 2.24) is 15.5 Å². The third-order valence-corrected chi connectivity index (χ3v) is 3.34. The number of nitrogens with one attached hydrogen (secondary N) is 2. The molecule has 0 fully saturated rings. The third kappa shape index (κ3) is 4.84. The average molecular weight is 306 g/mol. The van der Waals surface area contributed by atoms with Crippen LogP contribution < -0.4 is 10.6 Å². The summed E-state index contributed by atoms with van der Waals surface area (Å²) in [6.45, 7) is 0. The lowest BCUT2D eigenvalue weighted by molar-refractivity contribution is -0.137. The molecule has 0 radical (unpaired) electrons. The van der Waals surface area contributed by atoms with Gasteiger partial charge in [-0.05, 0) is 12.0 Å². The van der Waals surface area contributed by atoms with E-state index in [4.69, 9.17) is 5.11 Å². The minimum atomic E-state index is -0.901. The van der Waals surface area contributed by atoms with Crippen LogP contribution in [0.25, 0.3) is 0 Å². The van der Waals surface area contributed by atoms with Gasteiger partial charge in [0.2, 0.25) is 5.13 Å². The molecule has 0 aliphatic heterocycles. The summed E-state index contributed by atoms with van der Waals surface area (Å²) in [5.74, 6) is -0.901. The summed E-state index contributed by atoms with van der Waals surface area (Å²) in [5.41, 5.74) is 2.36. The summed E-state index contributed by atoms with van der Waals surface area (Å²) in [6, 6.07) is 8.41. The molecule has 0 spiro atoms. The highest BCUT2D eigenvalue weighted by Gasteiger charge is 2.16. The van der Waals surface area contributed by atoms with Gasteiger partial charge in [0.15, 0.2) is 0 Å². The van der Waals surface area contributed by atoms with Crippen molar-refractivity contribution in [2.24, 2.45) is 0 Å². The van der Waals surface area contributed by atoms with Crippen LogP contribution in [0.3, 0.4) is 0 Å². The van der Waals surface area contributed by atoms with E-state index in [1.807, 2.05) is 30.3 Å². The zero-order valence-electron chi connectivity index (χ0n) is 11.0. The van der Waals surface area contributed by atoms with E-state index in [1.165, 1.54) is 16.8 Å². The van der Waals surface area contributed by atoms with Crippen LogP contribution in [0.1, 0.15) is 24.4 Å². The van der Waals surface area contributed by atoms with Crippen molar-refractivity contribution in [3.05, 3.63) is 41.4 Å². The standard InChI is InChI=1S/C13H14N4O3S/c18-11(19)7-6-10(9-4-2-1-3-5-9)15-12(20)16-13-17-14-8-21-13/h1-5,8,10H,6-7H2,(H,18,19)(H2,15,16,17,20). The van der Waals surface area contributed by atoms with E-state index in [0.717, 1.165) is 5.56 Å². The molecular formula is C13H14N4O3S. The first-order valence-electron chi connectivity index (χ1n) is 6.25. The number of hydrogen-bond acceptors (Lipinski definition) is 5. The topological polar surface area (TPSA) is 104 Å². The van der Waals surface area contributed by atoms with E-state index in [0.29, 0.717) is 11.6 Å². The monoisotopic (exact) mass is 306 g/mol. The Balaban J connectivity index is 2.01. The van der Waals surface area contributed by atoms with Crippen LogP contribution in [0.4, 0.5) is 9.93 Å². The number of nitrogens with zero attached hydrogens (tertiary/aromatic N) is 2. The maximum atomic E-state index is 11.9. The van der Waals surface area contributed by atoms with Gasteiger partial charge in [0.05, 0.1) is 6.04 Å². The molecule has 21 heavy (non-hydrogen) atoms. The van der Waals surface area contributed by atoms with Crippen molar-refractivity contribution in [3.8, 4) is 0 Å². The van der Waals surface area contributed by atoms with E-state index in [-0.39, 0.29) is 12.5 Å². The van der Waals surface area contributed by atoms with E-state index in [9.17, 15) is 9.59 Å². The first-order chi connectivity index (χ1) is 10.1. The van der Waals surface area contributed by atoms with Crippen molar-refractivity contribution < 1.29 is 14.7 Å². The first-order valence-corrected chi connectivity index (χ1v) is 7.13. The number of hydrogen-bond donors (Lipinski definition) is 3. The molecule has 2 amide bonds. The summed E-state index contributed by atoms with van der Waals surface area (Å²) in [5, 5.41) is 21.8. The third-order valence-electron chi connectivity index (χ3n) is 2.73. The van der Waals surface area contributed by atoms with Gasteiger partial charge in [-0.15, -0.1) is 10.2 Å². The van der Waals surface area contributed by atoms with Crippen LogP contribution in [0.5, 0.6) is 0 Å². The molecular weight excluding hydrogens is 292 g/mol. The van der Waals surface area contributed by atoms with Crippen LogP contribution in [-0.4, -0.2) is 27.3 Å². The molecule has 3 N–H and O–H groups in total. The van der Waals surface area contributed by atoms with Gasteiger partial charge in [-0.2, -0.15) is 0 Å². The number of carboxylic acids is 1. The van der Waals surface area contributed by atoms with Gasteiger partial charge < -0.3 is 10.4 Å². The molecule has 1 heterocycles. The SMILES string of the molecule is O=C(O)CCC(NC(=O)Nc1nncs1)c1ccccc1. The summed E-state index contributed by atoms with van der Waals surface area (Å²) in [4.78, 5) is 22.6. The zero-order valence-corrected chi connectivity index (χ0v) is 11.8. The van der Waals surface area contributed by atoms with Crippen LogP contribution in [-0.2, 0) is 4.79 Å². The Morgan fingerprint density at radius 2 is 2.05 bits per heavy atom. The number of anilines is 1. The summed E-state index contributed by atoms with van der Waals surface area (Å²) in [6.07, 6.45) is 0.279. The largest absolute Gasteiger partial charge is 0.481 e. The van der Waals surface area contributed by atoms with Crippen LogP contribution in [0.15, 0.2) is 35.8 Å². The van der Waals surface area contributed by atoms with Gasteiger partial charge in [-0.3, -0.25) is 10.1 Å². The van der Waals surface area contributed by atoms with Gasteiger partial charge in [-0.1, -0.05) is 41.7 Å². The molecule has 2 aromatic rings. The quantitative estimate of drug-likeness (QED) is 0.759. The summed E-state index contributed by atoms with van der Waals surface area (Å²) < 4.78 is 0. The minimum Gasteiger partial charge on any atom is -0.481 e. The van der Waals surface area contributed by atoms with Crippen molar-refractivity contribution in [1.29, 1.82) is 0 Å². The Kier molecular flexibility index (Phi) is 5.22. The molecule has 8 heteroatoms. The number of urea groups is 1. The molecule has 0 aliphatic rings. The second kappa shape index (κ2) is 7.34. The van der Waals surface area contributed by atoms with Gasteiger partial charge in [-0.25, -0.2) is 4.79 Å². The van der Waals surface area contributed by atoms with Crippen LogP contribution >= 0.6 is 11.3 Å². The molecule has 0 saturated heterocycles. The molecule has 0 aliphatic carbocycles. The van der Waals surface area contributed by atoms with Crippen molar-refractivity contribution in [2.75, 3.05) is 5.32 Å². The van der Waals surface area contributed by atoms with E-state index < -0.39 is 12.0 Å². The second-order valence-electron chi connectivity index (χ2n) is 4.24. The number of carboxylic acid groups (broad SMARTS) is 1. The maximum absolute atomic E-state index is 11.9. The first kappa shape index (κ1) is 14.9. The highest BCUT2D eigenvalue weighted by Crippen LogP contribution is 2.18. The number of rotatable bonds is 6. The molecule has 110 valence electrons. The highest BCUT2D eigenvalue weighted by atomic mass is 32.1. The van der Waals surface area contributed by atoms with Gasteiger partial charge in [0.1, 0.15) is 5.51 Å². The maximum Gasteiger partial charge on any atom is 0.321 e. The van der Waals surface area contributed by atoms with Crippen molar-refractivity contribution in [3.63, 3.8) is 0 Å². The average Bonchev–Trinajstić information content (AvgIpc) is 2.97. The Morgan fingerprint density at radius 1 is 1.29 bits per heavy atom. The van der Waals surface area contributed by atoms with Gasteiger partial charge in [0, 0.05) is 6.42 Å². The molecule has 7 nitrogen and oxygen atoms in total. The number of aliphatic carboxylic acids is 1. The van der Waals surface area contributed by atoms with Gasteiger partial charge >= 0.3 is 12.0 Å². The summed E-state index contributed by atoms with van der Waals surface area (Å²) >= 11 is 1.20. The smallest absolute Gasteiger partial charge is 0.321 e. The van der Waals surface area contributed by atoms with Crippen LogP contribution in [0.2, 0.25) is 0 Å². The molecule has 0 saturated carbocycles. The molecule has 1 aromatic carbocycles. The molecule has 1 unspecified atom stereocenters. The second-order valence-corrected chi connectivity index (χ2v) is 5.07. The van der Waals surface area contributed by atoms with Crippen LogP contribution in [0, 0.1) is 0 Å². The number of benzene rings is 1. The lowest BCUT2D eigenvalue weighted by atomic mass is 10.0. The van der Waals surface area contributed by atoms with E-state index in [1.54, 1.807) is 0 Å². The molecule has 2 rings (SSSR count). The number of carbonyl (C=O) groups excluding carboxylic acids is 1. The Hall–Kier alpha value is -2.48. The molecule has 0 bridgehead atoms. The lowest BCUT2D eigenvalue weighted by Gasteiger charge is -2.18. The van der Waals surface area contributed by atoms with Crippen molar-refractivity contribution >= 4 is 28.5 Å². The van der Waals surface area contributed by atoms with E-state index in [2.05, 4.69) is 20.8 Å². The minimum absolute atomic E-state index is 0.0291. The van der Waals surface area contributed by atoms with Gasteiger partial charge in [0.25, 0.3) is 0 Å². The number of carbonyl (C=O) groups is 2. The fourth-order valence-electron chi connectivity index (χ4n) is 1.79. The predicted octanol–water partition coefficient (Wildman–Crippen LogP) is 2.27. The normalized spacial score (nSPS) is 11.6. The fraction of sp³-hybridized carbons (Fsp3) is 0.231. The zero-order chi connectivity index (χ0) is 15.1. The fourth-order valence-corrected chi connectivity index (χ4v) is 2.23. The Morgan fingerprint density at radius 3 is 2.67 bits per heavy atom. The number of amides is 2. The predicted molar refractivity (Wildman–Crippen MR) is 78.1 cm³/mol. The number of aromatic nitrogens is 2. The Bertz CT molecular complexity index is 589. The summed E-state index contributed by atoms with van der Waals surface area (Å²) in [7, 11) is 0. The van der Waals surface area contributed by atoms with Crippen molar-refractivity contribution in [2.45, 2.75) is 18.9 Å². The molecule has 1 atom stereocenters. The Labute approximate surface area is 125 Å². The van der Waals surface area contributed by atoms with E-state index >= 15 is 0 Å².